The van der Waals surface area contributed by atoms with Crippen molar-refractivity contribution in [2.45, 2.75) is 44.4 Å². The topological polar surface area (TPSA) is 97.5 Å². The van der Waals surface area contributed by atoms with Gasteiger partial charge in [-0.2, -0.15) is 4.31 Å². The molecule has 1 rings (SSSR count). The molecule has 6 nitrogen and oxygen atoms in total. The fourth-order valence-corrected chi connectivity index (χ4v) is 6.26. The Bertz CT molecular complexity index is 471. The van der Waals surface area contributed by atoms with Gasteiger partial charge in [-0.05, 0) is 39.7 Å². The highest BCUT2D eigenvalue weighted by Gasteiger charge is 2.37. The van der Waals surface area contributed by atoms with Crippen LogP contribution in [0.1, 0.15) is 33.1 Å². The van der Waals surface area contributed by atoms with Crippen LogP contribution in [-0.2, 0) is 19.9 Å². The minimum Gasteiger partial charge on any atom is -0.330 e. The molecule has 0 amide bonds. The predicted molar refractivity (Wildman–Crippen MR) is 76.1 cm³/mol. The summed E-state index contributed by atoms with van der Waals surface area (Å²) in [6.07, 6.45) is 1.02. The third-order valence-corrected chi connectivity index (χ3v) is 7.70. The normalized spacial score (nSPS) is 21.1. The van der Waals surface area contributed by atoms with E-state index in [0.29, 0.717) is 19.5 Å². The summed E-state index contributed by atoms with van der Waals surface area (Å²) in [4.78, 5) is 0. The summed E-state index contributed by atoms with van der Waals surface area (Å²) >= 11 is 0. The summed E-state index contributed by atoms with van der Waals surface area (Å²) in [5.74, 6) is -0.0561. The van der Waals surface area contributed by atoms with Crippen LogP contribution in [0.3, 0.4) is 0 Å². The largest absolute Gasteiger partial charge is 0.330 e. The van der Waals surface area contributed by atoms with Crippen LogP contribution in [0.2, 0.25) is 0 Å². The number of rotatable bonds is 6. The molecule has 0 spiro atoms. The van der Waals surface area contributed by atoms with Crippen LogP contribution in [0.4, 0.5) is 0 Å². The molecule has 114 valence electrons. The van der Waals surface area contributed by atoms with E-state index in [0.717, 1.165) is 0 Å². The molecular weight excluding hydrogens is 288 g/mol. The first-order valence-electron chi connectivity index (χ1n) is 6.62. The number of nitrogens with zero attached hydrogens (tertiary/aromatic N) is 1. The van der Waals surface area contributed by atoms with Crippen molar-refractivity contribution < 1.29 is 16.8 Å². The van der Waals surface area contributed by atoms with E-state index in [4.69, 9.17) is 5.73 Å². The Morgan fingerprint density at radius 1 is 1.26 bits per heavy atom. The van der Waals surface area contributed by atoms with E-state index in [2.05, 4.69) is 0 Å². The van der Waals surface area contributed by atoms with Gasteiger partial charge >= 0.3 is 0 Å². The Labute approximate surface area is 116 Å². The number of hydrogen-bond acceptors (Lipinski definition) is 5. The summed E-state index contributed by atoms with van der Waals surface area (Å²) in [7, 11) is -6.47. The van der Waals surface area contributed by atoms with Gasteiger partial charge in [0.15, 0.2) is 0 Å². The highest BCUT2D eigenvalue weighted by Crippen LogP contribution is 2.24. The van der Waals surface area contributed by atoms with Crippen molar-refractivity contribution in [3.8, 4) is 0 Å². The molecule has 0 aliphatic carbocycles. The Balaban J connectivity index is 2.83. The maximum atomic E-state index is 12.5. The van der Waals surface area contributed by atoms with Crippen molar-refractivity contribution >= 4 is 19.9 Å². The first-order valence-corrected chi connectivity index (χ1v) is 9.94. The molecule has 0 saturated carbocycles. The summed E-state index contributed by atoms with van der Waals surface area (Å²) in [5.41, 5.74) is 5.43. The standard InChI is InChI=1S/C11H24N2O4S2/c1-10(2)13(7-3-6-12)19(16,17)11-4-8-18(14,15)9-5-11/h10-11H,3-9,12H2,1-2H3. The second-order valence-electron chi connectivity index (χ2n) is 5.24. The summed E-state index contributed by atoms with van der Waals surface area (Å²) in [6.45, 7) is 4.50. The van der Waals surface area contributed by atoms with E-state index < -0.39 is 25.1 Å². The predicted octanol–water partition coefficient (Wildman–Crippen LogP) is -0.0474. The molecule has 1 heterocycles. The van der Waals surface area contributed by atoms with Crippen molar-refractivity contribution in [3.63, 3.8) is 0 Å². The third-order valence-electron chi connectivity index (χ3n) is 3.41. The van der Waals surface area contributed by atoms with E-state index in [1.54, 1.807) is 0 Å². The lowest BCUT2D eigenvalue weighted by molar-refractivity contribution is 0.344. The minimum absolute atomic E-state index is 0.0281. The van der Waals surface area contributed by atoms with Crippen LogP contribution in [0.15, 0.2) is 0 Å². The SMILES string of the molecule is CC(C)N(CCCN)S(=O)(=O)C1CCS(=O)(=O)CC1. The Kier molecular flexibility index (Phi) is 5.78. The average molecular weight is 312 g/mol. The van der Waals surface area contributed by atoms with Crippen LogP contribution in [-0.4, -0.2) is 57.0 Å². The second-order valence-corrected chi connectivity index (χ2v) is 9.71. The fraction of sp³-hybridized carbons (Fsp3) is 1.00. The molecule has 0 aromatic rings. The molecule has 1 aliphatic rings. The molecule has 0 radical (unpaired) electrons. The van der Waals surface area contributed by atoms with E-state index in [1.165, 1.54) is 4.31 Å². The summed E-state index contributed by atoms with van der Waals surface area (Å²) in [6, 6.07) is -0.130. The molecule has 0 aromatic heterocycles. The third kappa shape index (κ3) is 4.40. The lowest BCUT2D eigenvalue weighted by atomic mass is 10.2. The smallest absolute Gasteiger partial charge is 0.217 e. The van der Waals surface area contributed by atoms with Gasteiger partial charge in [-0.25, -0.2) is 16.8 Å². The zero-order chi connectivity index (χ0) is 14.7. The summed E-state index contributed by atoms with van der Waals surface area (Å²) < 4.78 is 49.3. The van der Waals surface area contributed by atoms with Crippen molar-refractivity contribution in [2.24, 2.45) is 5.73 Å². The second kappa shape index (κ2) is 6.51. The van der Waals surface area contributed by atoms with Crippen LogP contribution in [0, 0.1) is 0 Å². The average Bonchev–Trinajstić information content (AvgIpc) is 2.28. The molecule has 1 fully saturated rings. The molecule has 19 heavy (non-hydrogen) atoms. The number of nitrogens with two attached hydrogens (primary N) is 1. The molecule has 2 N–H and O–H groups in total. The first-order chi connectivity index (χ1) is 8.70. The first kappa shape index (κ1) is 16.9. The maximum absolute atomic E-state index is 12.5. The highest BCUT2D eigenvalue weighted by atomic mass is 32.2. The van der Waals surface area contributed by atoms with Gasteiger partial charge in [-0.3, -0.25) is 0 Å². The monoisotopic (exact) mass is 312 g/mol. The number of sulfonamides is 1. The molecule has 0 aromatic carbocycles. The van der Waals surface area contributed by atoms with Gasteiger partial charge in [-0.1, -0.05) is 0 Å². The highest BCUT2D eigenvalue weighted by molar-refractivity contribution is 7.92. The van der Waals surface area contributed by atoms with Gasteiger partial charge in [-0.15, -0.1) is 0 Å². The van der Waals surface area contributed by atoms with Gasteiger partial charge < -0.3 is 5.73 Å². The van der Waals surface area contributed by atoms with Gasteiger partial charge in [0.1, 0.15) is 9.84 Å². The van der Waals surface area contributed by atoms with Gasteiger partial charge in [0.25, 0.3) is 0 Å². The minimum atomic E-state index is -3.43. The van der Waals surface area contributed by atoms with E-state index in [1.807, 2.05) is 13.8 Å². The van der Waals surface area contributed by atoms with Gasteiger partial charge in [0.05, 0.1) is 16.8 Å². The molecule has 1 aliphatic heterocycles. The maximum Gasteiger partial charge on any atom is 0.217 e. The van der Waals surface area contributed by atoms with E-state index in [9.17, 15) is 16.8 Å². The Hall–Kier alpha value is -0.180. The number of sulfone groups is 1. The van der Waals surface area contributed by atoms with Gasteiger partial charge in [0, 0.05) is 12.6 Å². The van der Waals surface area contributed by atoms with Crippen LogP contribution < -0.4 is 5.73 Å². The van der Waals surface area contributed by atoms with Crippen molar-refractivity contribution in [2.75, 3.05) is 24.6 Å². The van der Waals surface area contributed by atoms with Crippen LogP contribution in [0.25, 0.3) is 0 Å². The Morgan fingerprint density at radius 3 is 2.21 bits per heavy atom. The van der Waals surface area contributed by atoms with E-state index >= 15 is 0 Å². The summed E-state index contributed by atoms with van der Waals surface area (Å²) in [5, 5.41) is -0.573. The molecule has 0 unspecified atom stereocenters. The lowest BCUT2D eigenvalue weighted by Gasteiger charge is -2.32. The quantitative estimate of drug-likeness (QED) is 0.742. The van der Waals surface area contributed by atoms with Crippen LogP contribution in [0.5, 0.6) is 0 Å². The zero-order valence-electron chi connectivity index (χ0n) is 11.6. The van der Waals surface area contributed by atoms with Crippen molar-refractivity contribution in [1.82, 2.24) is 4.31 Å². The Morgan fingerprint density at radius 2 is 1.79 bits per heavy atom. The lowest BCUT2D eigenvalue weighted by Crippen LogP contribution is -2.46. The van der Waals surface area contributed by atoms with Gasteiger partial charge in [0.2, 0.25) is 10.0 Å². The fourth-order valence-electron chi connectivity index (χ4n) is 2.28. The van der Waals surface area contributed by atoms with Crippen LogP contribution >= 0.6 is 0 Å². The molecule has 0 bridgehead atoms. The zero-order valence-corrected chi connectivity index (χ0v) is 13.2. The number of hydrogen-bond donors (Lipinski definition) is 1. The van der Waals surface area contributed by atoms with Crippen molar-refractivity contribution in [1.29, 1.82) is 0 Å². The van der Waals surface area contributed by atoms with E-state index in [-0.39, 0.29) is 30.4 Å². The van der Waals surface area contributed by atoms with Crippen molar-refractivity contribution in [3.05, 3.63) is 0 Å². The molecule has 0 atom stereocenters. The molecule has 1 saturated heterocycles. The molecular formula is C11H24N2O4S2. The molecule has 8 heteroatoms.